The molecule has 8 aromatic rings. The summed E-state index contributed by atoms with van der Waals surface area (Å²) in [5.74, 6) is 0.924. The van der Waals surface area contributed by atoms with Crippen molar-refractivity contribution in [1.29, 1.82) is 0 Å². The number of hydrogen-bond acceptors (Lipinski definition) is 2. The monoisotopic (exact) mass is 608 g/mol. The van der Waals surface area contributed by atoms with E-state index < -0.39 is 0 Å². The predicted molar refractivity (Wildman–Crippen MR) is 194 cm³/mol. The predicted octanol–water partition coefficient (Wildman–Crippen LogP) is 9.81. The van der Waals surface area contributed by atoms with Gasteiger partial charge in [0.15, 0.2) is 5.84 Å². The van der Waals surface area contributed by atoms with Gasteiger partial charge in [-0.15, -0.1) is 0 Å². The Balaban J connectivity index is 1.21. The minimum atomic E-state index is -0.130. The van der Waals surface area contributed by atoms with Crippen LogP contribution in [0.15, 0.2) is 148 Å². The Labute approximate surface area is 272 Å². The molecule has 0 aliphatic heterocycles. The third-order valence-corrected chi connectivity index (χ3v) is 9.75. The maximum absolute atomic E-state index is 6.79. The van der Waals surface area contributed by atoms with Crippen LogP contribution in [-0.4, -0.2) is 16.2 Å². The lowest BCUT2D eigenvalue weighted by Gasteiger charge is -2.22. The molecule has 0 fully saturated rings. The Morgan fingerprint density at radius 2 is 1.40 bits per heavy atom. The molecule has 0 amide bonds. The second kappa shape index (κ2) is 10.3. The van der Waals surface area contributed by atoms with Gasteiger partial charge in [0.1, 0.15) is 23.7 Å². The normalized spacial score (nSPS) is 14.3. The molecule has 5 heteroatoms. The first-order chi connectivity index (χ1) is 23.0. The zero-order valence-electron chi connectivity index (χ0n) is 26.2. The Morgan fingerprint density at radius 3 is 2.28 bits per heavy atom. The molecule has 0 bridgehead atoms. The summed E-state index contributed by atoms with van der Waals surface area (Å²) in [5, 5.41) is 4.59. The fraction of sp³-hybridized carbons (Fsp3) is 0.0952. The maximum Gasteiger partial charge on any atom is 0.158 e. The molecule has 0 radical (unpaired) electrons. The van der Waals surface area contributed by atoms with E-state index in [1.54, 1.807) is 0 Å². The molecule has 47 heavy (non-hydrogen) atoms. The van der Waals surface area contributed by atoms with Crippen LogP contribution in [0.1, 0.15) is 36.1 Å². The quantitative estimate of drug-likeness (QED) is 0.160. The van der Waals surface area contributed by atoms with Crippen LogP contribution < -0.4 is 5.73 Å². The summed E-state index contributed by atoms with van der Waals surface area (Å²) in [6, 6.07) is 46.1. The number of amidine groups is 2. The summed E-state index contributed by atoms with van der Waals surface area (Å²) >= 11 is 0. The average molecular weight is 609 g/mol. The number of nitrogens with two attached hydrogens (primary N) is 1. The molecule has 0 saturated heterocycles. The number of aromatic nitrogens is 1. The van der Waals surface area contributed by atoms with E-state index in [9.17, 15) is 0 Å². The molecule has 226 valence electrons. The van der Waals surface area contributed by atoms with Crippen LogP contribution in [0.3, 0.4) is 0 Å². The molecule has 2 N–H and O–H groups in total. The smallest absolute Gasteiger partial charge is 0.158 e. The van der Waals surface area contributed by atoms with Crippen LogP contribution in [-0.2, 0) is 12.1 Å². The van der Waals surface area contributed by atoms with E-state index >= 15 is 0 Å². The Morgan fingerprint density at radius 1 is 0.681 bits per heavy atom. The Hall–Kier alpha value is -5.94. The van der Waals surface area contributed by atoms with Crippen molar-refractivity contribution >= 4 is 55.4 Å². The number of aliphatic imine (C=N–C) groups is 2. The van der Waals surface area contributed by atoms with Gasteiger partial charge in [-0.2, -0.15) is 0 Å². The van der Waals surface area contributed by atoms with Crippen LogP contribution >= 0.6 is 0 Å². The van der Waals surface area contributed by atoms with E-state index in [4.69, 9.17) is 20.1 Å². The van der Waals surface area contributed by atoms with Crippen LogP contribution in [0.4, 0.5) is 0 Å². The second-order valence-electron chi connectivity index (χ2n) is 12.8. The molecule has 2 aromatic heterocycles. The first-order valence-electron chi connectivity index (χ1n) is 16.0. The van der Waals surface area contributed by atoms with E-state index in [-0.39, 0.29) is 5.41 Å². The van der Waals surface area contributed by atoms with Gasteiger partial charge in [0, 0.05) is 32.5 Å². The molecule has 0 unspecified atom stereocenters. The van der Waals surface area contributed by atoms with Crippen molar-refractivity contribution in [3.8, 4) is 11.1 Å². The molecule has 1 aliphatic rings. The lowest BCUT2D eigenvalue weighted by Crippen LogP contribution is -2.17. The fourth-order valence-corrected chi connectivity index (χ4v) is 7.60. The molecule has 9 rings (SSSR count). The number of benzene rings is 6. The third kappa shape index (κ3) is 4.09. The zero-order valence-corrected chi connectivity index (χ0v) is 26.2. The van der Waals surface area contributed by atoms with Crippen molar-refractivity contribution in [2.45, 2.75) is 25.9 Å². The van der Waals surface area contributed by atoms with Crippen molar-refractivity contribution in [2.75, 3.05) is 0 Å². The molecule has 6 aromatic carbocycles. The van der Waals surface area contributed by atoms with Gasteiger partial charge in [0.2, 0.25) is 0 Å². The van der Waals surface area contributed by atoms with Gasteiger partial charge in [-0.1, -0.05) is 123 Å². The number of rotatable bonds is 4. The summed E-state index contributed by atoms with van der Waals surface area (Å²) in [6.45, 7) is 5.07. The maximum atomic E-state index is 6.79. The first-order valence-corrected chi connectivity index (χ1v) is 16.0. The molecular formula is C42H32N4O. The summed E-state index contributed by atoms with van der Waals surface area (Å²) in [5.41, 5.74) is 17.5. The topological polar surface area (TPSA) is 68.8 Å². The van der Waals surface area contributed by atoms with Gasteiger partial charge in [-0.25, -0.2) is 9.98 Å². The minimum absolute atomic E-state index is 0.130. The van der Waals surface area contributed by atoms with Gasteiger partial charge < -0.3 is 14.7 Å². The number of furan rings is 1. The third-order valence-electron chi connectivity index (χ3n) is 9.75. The van der Waals surface area contributed by atoms with Crippen molar-refractivity contribution < 1.29 is 4.42 Å². The van der Waals surface area contributed by atoms with Crippen molar-refractivity contribution in [3.63, 3.8) is 0 Å². The van der Waals surface area contributed by atoms with Gasteiger partial charge in [0.25, 0.3) is 0 Å². The average Bonchev–Trinajstić information content (AvgIpc) is 3.72. The van der Waals surface area contributed by atoms with Crippen molar-refractivity contribution in [2.24, 2.45) is 15.7 Å². The van der Waals surface area contributed by atoms with Gasteiger partial charge in [0.05, 0.1) is 16.6 Å². The molecule has 1 aliphatic carbocycles. The summed E-state index contributed by atoms with van der Waals surface area (Å²) in [6.07, 6.45) is 0. The van der Waals surface area contributed by atoms with Crippen molar-refractivity contribution in [3.05, 3.63) is 156 Å². The molecule has 5 nitrogen and oxygen atoms in total. The highest BCUT2D eigenvalue weighted by Crippen LogP contribution is 2.52. The largest absolute Gasteiger partial charge is 0.455 e. The van der Waals surface area contributed by atoms with Crippen LogP contribution in [0.2, 0.25) is 0 Å². The van der Waals surface area contributed by atoms with Crippen LogP contribution in [0, 0.1) is 0 Å². The van der Waals surface area contributed by atoms with Crippen LogP contribution in [0.5, 0.6) is 0 Å². The molecule has 0 spiro atoms. The highest BCUT2D eigenvalue weighted by Gasteiger charge is 2.37. The van der Waals surface area contributed by atoms with Crippen molar-refractivity contribution in [1.82, 2.24) is 4.57 Å². The highest BCUT2D eigenvalue weighted by atomic mass is 16.3. The molecule has 0 atom stereocenters. The Bertz CT molecular complexity index is 2580. The number of hydrogen-bond donors (Lipinski definition) is 1. The lowest BCUT2D eigenvalue weighted by atomic mass is 9.80. The number of para-hydroxylation sites is 3. The highest BCUT2D eigenvalue weighted by molar-refractivity contribution is 6.18. The van der Waals surface area contributed by atoms with E-state index in [2.05, 4.69) is 91.2 Å². The zero-order chi connectivity index (χ0) is 31.7. The van der Waals surface area contributed by atoms with Gasteiger partial charge >= 0.3 is 0 Å². The van der Waals surface area contributed by atoms with E-state index in [0.29, 0.717) is 18.3 Å². The minimum Gasteiger partial charge on any atom is -0.455 e. The standard InChI is InChI=1S/C42H32N4O/c1-42(2)33-20-9-6-15-27(33)29-23-24-35-37(38(29)42)31-17-7-10-21-34(31)46(35)25-44-41(26-13-4-3-5-14-26)45-40(43)32-19-12-18-30-28-16-8-11-22-36(28)47-39(30)32/h3-24H,25H2,1-2H3,(H2,43,44,45). The fourth-order valence-electron chi connectivity index (χ4n) is 7.60. The van der Waals surface area contributed by atoms with Gasteiger partial charge in [-0.3, -0.25) is 0 Å². The van der Waals surface area contributed by atoms with E-state index in [1.165, 1.54) is 33.0 Å². The first kappa shape index (κ1) is 27.4. The summed E-state index contributed by atoms with van der Waals surface area (Å²) in [4.78, 5) is 10.2. The summed E-state index contributed by atoms with van der Waals surface area (Å²) < 4.78 is 8.58. The molecule has 2 heterocycles. The SMILES string of the molecule is CC1(C)c2ccccc2-c2ccc3c(c21)c1ccccc1n3C/N=C(\N=C(N)c1cccc2c1oc1ccccc12)c1ccccc1. The van der Waals surface area contributed by atoms with Crippen LogP contribution in [0.25, 0.3) is 54.9 Å². The number of nitrogens with zero attached hydrogens (tertiary/aromatic N) is 3. The number of fused-ring (bicyclic) bond motifs is 10. The lowest BCUT2D eigenvalue weighted by molar-refractivity contribution is 0.666. The van der Waals surface area contributed by atoms with E-state index in [1.807, 2.05) is 60.7 Å². The second-order valence-corrected chi connectivity index (χ2v) is 12.8. The molecule has 0 saturated carbocycles. The van der Waals surface area contributed by atoms with Gasteiger partial charge in [-0.05, 0) is 46.5 Å². The summed E-state index contributed by atoms with van der Waals surface area (Å²) in [7, 11) is 0. The molecular weight excluding hydrogens is 576 g/mol. The van der Waals surface area contributed by atoms with E-state index in [0.717, 1.165) is 44.1 Å². The Kier molecular flexibility index (Phi) is 6.00.